The highest BCUT2D eigenvalue weighted by molar-refractivity contribution is 6.36. The van der Waals surface area contributed by atoms with Crippen molar-refractivity contribution in [2.24, 2.45) is 5.92 Å². The summed E-state index contributed by atoms with van der Waals surface area (Å²) in [6.07, 6.45) is 1.74. The molecule has 3 aliphatic rings. The van der Waals surface area contributed by atoms with Crippen molar-refractivity contribution in [3.63, 3.8) is 0 Å². The molecule has 2 atom stereocenters. The number of anilines is 2. The van der Waals surface area contributed by atoms with Crippen LogP contribution in [-0.4, -0.2) is 43.9 Å². The molecule has 0 fully saturated rings. The Morgan fingerprint density at radius 3 is 2.62 bits per heavy atom. The number of amides is 1. The highest BCUT2D eigenvalue weighted by Gasteiger charge is 2.60. The van der Waals surface area contributed by atoms with Crippen molar-refractivity contribution in [1.29, 1.82) is 0 Å². The van der Waals surface area contributed by atoms with Crippen LogP contribution in [0.2, 0.25) is 5.02 Å². The maximum Gasteiger partial charge on any atom is 0.262 e. The summed E-state index contributed by atoms with van der Waals surface area (Å²) in [6, 6.07) is 6.72. The first-order valence-corrected chi connectivity index (χ1v) is 10.9. The minimum atomic E-state index is -1.74. The number of ether oxygens (including phenoxy) is 4. The Morgan fingerprint density at radius 2 is 1.91 bits per heavy atom. The van der Waals surface area contributed by atoms with Gasteiger partial charge in [-0.1, -0.05) is 18.5 Å². The third kappa shape index (κ3) is 3.19. The summed E-state index contributed by atoms with van der Waals surface area (Å²) in [7, 11) is 2.86. The minimum absolute atomic E-state index is 0.0615. The average molecular weight is 485 g/mol. The molecule has 2 aromatic rings. The van der Waals surface area contributed by atoms with Gasteiger partial charge in [0.05, 0.1) is 19.9 Å². The van der Waals surface area contributed by atoms with E-state index >= 15 is 0 Å². The van der Waals surface area contributed by atoms with Crippen molar-refractivity contribution in [1.82, 2.24) is 0 Å². The summed E-state index contributed by atoms with van der Waals surface area (Å²) >= 11 is 6.41. The lowest BCUT2D eigenvalue weighted by atomic mass is 9.74. The van der Waals surface area contributed by atoms with Crippen LogP contribution in [0.5, 0.6) is 23.0 Å². The normalized spacial score (nSPS) is 22.8. The summed E-state index contributed by atoms with van der Waals surface area (Å²) in [5.74, 6) is -0.590. The molecule has 34 heavy (non-hydrogen) atoms. The molecule has 2 aromatic carbocycles. The molecule has 2 aliphatic heterocycles. The number of allylic oxidation sites excluding steroid dienone is 1. The van der Waals surface area contributed by atoms with Gasteiger partial charge in [0.25, 0.3) is 5.91 Å². The first-order valence-electron chi connectivity index (χ1n) is 10.6. The second kappa shape index (κ2) is 7.95. The molecule has 2 heterocycles. The molecular formula is C24H21ClN2O7. The second-order valence-electron chi connectivity index (χ2n) is 8.28. The Kier molecular flexibility index (Phi) is 5.16. The summed E-state index contributed by atoms with van der Waals surface area (Å²) in [6.45, 7) is 1.72. The SMILES string of the molecule is COc1cc(OC)c2c(c1Cl)O[C@@]1(C(=O)C=C(Nc3ccc4c(c3)OCC(=O)N4)C[C@H]1C)C2=O. The summed E-state index contributed by atoms with van der Waals surface area (Å²) < 4.78 is 22.1. The average Bonchev–Trinajstić information content (AvgIpc) is 3.13. The van der Waals surface area contributed by atoms with Gasteiger partial charge in [0, 0.05) is 35.5 Å². The Bertz CT molecular complexity index is 1290. The standard InChI is InChI=1S/C24H21ClN2O7/c1-11-6-13(26-12-4-5-14-15(7-12)33-10-19(29)27-14)8-18(28)24(11)23(30)20-16(31-2)9-17(32-3)21(25)22(20)34-24/h4-5,7-9,11,26H,6,10H2,1-3H3,(H,27,29)/t11-,24+/m1/s1. The quantitative estimate of drug-likeness (QED) is 0.633. The summed E-state index contributed by atoms with van der Waals surface area (Å²) in [5.41, 5.74) is 0.262. The lowest BCUT2D eigenvalue weighted by Crippen LogP contribution is -2.55. The van der Waals surface area contributed by atoms with Crippen LogP contribution in [0.15, 0.2) is 36.0 Å². The van der Waals surface area contributed by atoms with Crippen LogP contribution in [0.1, 0.15) is 23.7 Å². The molecule has 1 spiro atoms. The summed E-state index contributed by atoms with van der Waals surface area (Å²) in [4.78, 5) is 38.4. The first-order chi connectivity index (χ1) is 16.3. The van der Waals surface area contributed by atoms with Crippen LogP contribution in [0, 0.1) is 5.92 Å². The number of hydrogen-bond acceptors (Lipinski definition) is 8. The Balaban J connectivity index is 1.46. The van der Waals surface area contributed by atoms with E-state index < -0.39 is 23.1 Å². The molecule has 0 saturated heterocycles. The van der Waals surface area contributed by atoms with E-state index in [9.17, 15) is 14.4 Å². The zero-order valence-corrected chi connectivity index (χ0v) is 19.4. The van der Waals surface area contributed by atoms with Gasteiger partial charge in [-0.2, -0.15) is 0 Å². The largest absolute Gasteiger partial charge is 0.496 e. The van der Waals surface area contributed by atoms with E-state index in [1.165, 1.54) is 26.4 Å². The molecule has 2 N–H and O–H groups in total. The Hall–Kier alpha value is -3.72. The zero-order valence-electron chi connectivity index (χ0n) is 18.6. The van der Waals surface area contributed by atoms with Crippen molar-refractivity contribution in [2.45, 2.75) is 18.9 Å². The third-order valence-corrected chi connectivity index (χ3v) is 6.59. The third-order valence-electron chi connectivity index (χ3n) is 6.23. The predicted molar refractivity (Wildman–Crippen MR) is 123 cm³/mol. The van der Waals surface area contributed by atoms with Crippen molar-refractivity contribution >= 4 is 40.4 Å². The number of nitrogens with one attached hydrogen (secondary N) is 2. The van der Waals surface area contributed by atoms with Crippen LogP contribution < -0.4 is 29.6 Å². The monoisotopic (exact) mass is 484 g/mol. The number of methoxy groups -OCH3 is 2. The van der Waals surface area contributed by atoms with Gasteiger partial charge >= 0.3 is 0 Å². The van der Waals surface area contributed by atoms with Crippen LogP contribution in [0.25, 0.3) is 0 Å². The van der Waals surface area contributed by atoms with Crippen LogP contribution in [0.4, 0.5) is 11.4 Å². The van der Waals surface area contributed by atoms with Crippen molar-refractivity contribution < 1.29 is 33.3 Å². The number of carbonyl (C=O) groups excluding carboxylic acids is 3. The molecule has 0 radical (unpaired) electrons. The van der Waals surface area contributed by atoms with Crippen molar-refractivity contribution in [3.8, 4) is 23.0 Å². The molecule has 0 saturated carbocycles. The number of ketones is 2. The van der Waals surface area contributed by atoms with Gasteiger partial charge in [0.2, 0.25) is 17.2 Å². The van der Waals surface area contributed by atoms with Crippen molar-refractivity contribution in [2.75, 3.05) is 31.5 Å². The number of Topliss-reactive ketones (excluding diaryl/α,β-unsaturated/α-hetero) is 1. The molecule has 10 heteroatoms. The van der Waals surface area contributed by atoms with Crippen LogP contribution in [0.3, 0.4) is 0 Å². The molecular weight excluding hydrogens is 464 g/mol. The molecule has 0 unspecified atom stereocenters. The number of benzene rings is 2. The van der Waals surface area contributed by atoms with Gasteiger partial charge in [-0.3, -0.25) is 14.4 Å². The molecule has 0 bridgehead atoms. The maximum atomic E-state index is 13.6. The number of halogens is 1. The highest BCUT2D eigenvalue weighted by Crippen LogP contribution is 2.53. The van der Waals surface area contributed by atoms with Crippen molar-refractivity contribution in [3.05, 3.63) is 46.6 Å². The van der Waals surface area contributed by atoms with E-state index in [4.69, 9.17) is 30.5 Å². The van der Waals surface area contributed by atoms with Gasteiger partial charge in [-0.05, 0) is 18.6 Å². The Morgan fingerprint density at radius 1 is 1.15 bits per heavy atom. The lowest BCUT2D eigenvalue weighted by molar-refractivity contribution is -0.129. The van der Waals surface area contributed by atoms with E-state index in [1.807, 2.05) is 0 Å². The molecule has 9 nitrogen and oxygen atoms in total. The predicted octanol–water partition coefficient (Wildman–Crippen LogP) is 3.61. The van der Waals surface area contributed by atoms with Gasteiger partial charge in [0.15, 0.2) is 12.4 Å². The molecule has 0 aromatic heterocycles. The maximum absolute atomic E-state index is 13.6. The van der Waals surface area contributed by atoms with E-state index in [0.717, 1.165) is 0 Å². The number of hydrogen-bond donors (Lipinski definition) is 2. The van der Waals surface area contributed by atoms with E-state index in [2.05, 4.69) is 10.6 Å². The number of rotatable bonds is 4. The lowest BCUT2D eigenvalue weighted by Gasteiger charge is -2.35. The number of carbonyl (C=O) groups is 3. The van der Waals surface area contributed by atoms with Gasteiger partial charge in [-0.15, -0.1) is 0 Å². The first kappa shape index (κ1) is 22.1. The molecule has 1 aliphatic carbocycles. The van der Waals surface area contributed by atoms with Gasteiger partial charge in [-0.25, -0.2) is 0 Å². The molecule has 1 amide bonds. The fourth-order valence-corrected chi connectivity index (χ4v) is 4.82. The summed E-state index contributed by atoms with van der Waals surface area (Å²) in [5, 5.41) is 6.05. The minimum Gasteiger partial charge on any atom is -0.496 e. The molecule has 5 rings (SSSR count). The van der Waals surface area contributed by atoms with Gasteiger partial charge < -0.3 is 29.6 Å². The zero-order chi connectivity index (χ0) is 24.2. The second-order valence-corrected chi connectivity index (χ2v) is 8.66. The van der Waals surface area contributed by atoms with Crippen LogP contribution >= 0.6 is 11.6 Å². The number of fused-ring (bicyclic) bond motifs is 2. The fourth-order valence-electron chi connectivity index (χ4n) is 4.55. The highest BCUT2D eigenvalue weighted by atomic mass is 35.5. The molecule has 176 valence electrons. The van der Waals surface area contributed by atoms with Crippen LogP contribution in [-0.2, 0) is 9.59 Å². The van der Waals surface area contributed by atoms with E-state index in [-0.39, 0.29) is 40.3 Å². The van der Waals surface area contributed by atoms with E-state index in [0.29, 0.717) is 29.2 Å². The topological polar surface area (TPSA) is 112 Å². The fraction of sp³-hybridized carbons (Fsp3) is 0.292. The smallest absolute Gasteiger partial charge is 0.262 e. The Labute approximate surface area is 200 Å². The van der Waals surface area contributed by atoms with E-state index in [1.54, 1.807) is 25.1 Å². The van der Waals surface area contributed by atoms with Gasteiger partial charge in [0.1, 0.15) is 27.8 Å².